The Morgan fingerprint density at radius 3 is 2.35 bits per heavy atom. The van der Waals surface area contributed by atoms with Gasteiger partial charge >= 0.3 is 83.3 Å². The molecule has 1 saturated heterocycles. The fraction of sp³-hybridized carbons (Fsp3) is 0.600. The molecule has 2 heterocycles. The van der Waals surface area contributed by atoms with Crippen LogP contribution in [0.1, 0.15) is 12.8 Å². The van der Waals surface area contributed by atoms with Crippen molar-refractivity contribution in [2.75, 3.05) is 19.6 Å². The van der Waals surface area contributed by atoms with Crippen molar-refractivity contribution in [2.24, 2.45) is 0 Å². The first kappa shape index (κ1) is 27.8. The molecule has 20 heavy (non-hydrogen) atoms. The van der Waals surface area contributed by atoms with Gasteiger partial charge in [-0.2, -0.15) is 6.20 Å². The molecule has 0 aromatic rings. The summed E-state index contributed by atoms with van der Waals surface area (Å²) in [5.41, 5.74) is 0. The molecule has 0 aromatic carbocycles. The minimum Gasteiger partial charge on any atom is -0.693 e. The first-order valence-corrected chi connectivity index (χ1v) is 14.0. The molecule has 2 rings (SSSR count). The molecule has 0 aromatic heterocycles. The maximum absolute atomic E-state index is 4.36. The summed E-state index contributed by atoms with van der Waals surface area (Å²) in [4.78, 5) is 1.35. The van der Waals surface area contributed by atoms with Crippen LogP contribution in [0, 0.1) is 0 Å². The molecule has 0 spiro atoms. The Morgan fingerprint density at radius 2 is 1.85 bits per heavy atom. The van der Waals surface area contributed by atoms with E-state index in [1.165, 1.54) is 17.7 Å². The number of rotatable bonds is 3. The number of hydrogen-bond donors (Lipinski definition) is 0. The Hall–Kier alpha value is 2.92. The molecule has 2 aliphatic rings. The molecule has 2 aliphatic heterocycles. The second-order valence-electron chi connectivity index (χ2n) is 3.39. The van der Waals surface area contributed by atoms with E-state index in [0.717, 1.165) is 24.9 Å². The van der Waals surface area contributed by atoms with E-state index in [2.05, 4.69) is 22.8 Å². The van der Waals surface area contributed by atoms with Crippen LogP contribution in [0.2, 0.25) is 0 Å². The molecule has 0 unspecified atom stereocenters. The third-order valence-corrected chi connectivity index (χ3v) is 5.26. The molecule has 1 radical (unpaired) electrons. The van der Waals surface area contributed by atoms with Crippen molar-refractivity contribution in [1.29, 1.82) is 0 Å². The van der Waals surface area contributed by atoms with E-state index in [-0.39, 0.29) is 40.3 Å². The summed E-state index contributed by atoms with van der Waals surface area (Å²) < 4.78 is 0. The Labute approximate surface area is 180 Å². The van der Waals surface area contributed by atoms with Crippen molar-refractivity contribution in [2.45, 2.75) is 18.1 Å². The third kappa shape index (κ3) is 14.5. The minimum atomic E-state index is 0. The van der Waals surface area contributed by atoms with Crippen LogP contribution < -0.4 is 40.7 Å². The van der Waals surface area contributed by atoms with Crippen molar-refractivity contribution in [3.8, 4) is 0 Å². The van der Waals surface area contributed by atoms with Crippen LogP contribution in [0.5, 0.6) is 0 Å². The van der Waals surface area contributed by atoms with Crippen LogP contribution in [0.4, 0.5) is 0 Å². The normalized spacial score (nSPS) is 17.2. The quantitative estimate of drug-likeness (QED) is 0.194. The summed E-state index contributed by atoms with van der Waals surface area (Å²) in [6.45, 7) is 2.96. The van der Waals surface area contributed by atoms with Gasteiger partial charge in [0.2, 0.25) is 0 Å². The van der Waals surface area contributed by atoms with E-state index >= 15 is 0 Å². The summed E-state index contributed by atoms with van der Waals surface area (Å²) in [6, 6.07) is 0. The van der Waals surface area contributed by atoms with Gasteiger partial charge in [0.05, 0.1) is 0 Å². The van der Waals surface area contributed by atoms with Gasteiger partial charge in [0, 0.05) is 10.2 Å². The number of nitrogens with zero attached hydrogens (tertiary/aromatic N) is 2. The fourth-order valence-corrected chi connectivity index (χ4v) is 4.01. The topological polar surface area (TPSA) is 61.7 Å². The van der Waals surface area contributed by atoms with Crippen molar-refractivity contribution < 1.29 is 83.3 Å². The number of nitrogens with two attached hydrogens (primary N) is 1. The number of hydrogen-bond acceptors (Lipinski definition) is 2. The van der Waals surface area contributed by atoms with Gasteiger partial charge in [-0.3, -0.25) is 0 Å². The molecule has 3 nitrogen and oxygen atoms in total. The van der Waals surface area contributed by atoms with Gasteiger partial charge in [-0.1, -0.05) is 46.6 Å². The van der Waals surface area contributed by atoms with E-state index in [4.69, 9.17) is 0 Å². The standard InChI is InChI=1S/C10H14N2S2.3Cu.2HI.H2N/c1-5-11-6-2-9(1)13-14-10-3-7-12-8-4-10;;;;;;/h1-2,5,10H,3-4,6-8H2;;;;2*1H;1H2/q-2;+1;2*+2;;;-1. The third-order valence-electron chi connectivity index (χ3n) is 2.24. The van der Waals surface area contributed by atoms with Crippen molar-refractivity contribution >= 4 is 21.6 Å². The molecule has 2 N–H and O–H groups in total. The zero-order valence-corrected chi connectivity index (χ0v) is 19.5. The molecule has 0 atom stereocenters. The van der Waals surface area contributed by atoms with Crippen LogP contribution in [0.25, 0.3) is 16.8 Å². The van der Waals surface area contributed by atoms with Crippen LogP contribution in [0.3, 0.4) is 0 Å². The minimum absolute atomic E-state index is 0. The van der Waals surface area contributed by atoms with Crippen molar-refractivity contribution in [1.82, 2.24) is 0 Å². The molecule has 130 valence electrons. The first-order valence-electron chi connectivity index (χ1n) is 5.19. The molecule has 1 fully saturated rings. The molecule has 10 heteroatoms. The fourth-order valence-electron chi connectivity index (χ4n) is 1.41. The summed E-state index contributed by atoms with van der Waals surface area (Å²) in [5, 5.41) is 9.28. The predicted molar refractivity (Wildman–Crippen MR) is 74.8 cm³/mol. The van der Waals surface area contributed by atoms with Crippen molar-refractivity contribution in [3.05, 3.63) is 40.0 Å². The summed E-state index contributed by atoms with van der Waals surface area (Å²) in [7, 11) is 5.73. The summed E-state index contributed by atoms with van der Waals surface area (Å²) in [6.07, 6.45) is 8.68. The van der Waals surface area contributed by atoms with Gasteiger partial charge in [-0.15, -0.1) is 19.6 Å². The Kier molecular flexibility index (Phi) is 27.7. The van der Waals surface area contributed by atoms with Gasteiger partial charge in [0.25, 0.3) is 0 Å². The average Bonchev–Trinajstić information content (AvgIpc) is 2.40. The maximum Gasteiger partial charge on any atom is -0.693 e. The van der Waals surface area contributed by atoms with Gasteiger partial charge in [0.15, 0.2) is 0 Å². The maximum atomic E-state index is 4.36. The largest absolute Gasteiger partial charge is 0.693 e. The van der Waals surface area contributed by atoms with Crippen LogP contribution >= 0.6 is 21.6 Å². The van der Waals surface area contributed by atoms with Gasteiger partial charge < -0.3 is 16.8 Å². The Bertz CT molecular complexity index is 268. The smallest absolute Gasteiger partial charge is 0.693 e. The molecule has 0 bridgehead atoms. The molecule has 0 saturated carbocycles. The van der Waals surface area contributed by atoms with Crippen LogP contribution in [-0.4, -0.2) is 24.9 Å². The van der Waals surface area contributed by atoms with E-state index in [0.29, 0.717) is 0 Å². The SMILES string of the molecule is C1=CC(SSC2CC[N-]CC2)=CC[N-]1.[Cu+2].[Cu+].[IH+][Cu][IH+].[NH2-]. The molecular formula is C10H18Cu3I2N3S2+2. The second kappa shape index (κ2) is 20.0. The average molecular weight is 689 g/mol. The molecular weight excluding hydrogens is 671 g/mol. The van der Waals surface area contributed by atoms with E-state index in [1.807, 2.05) is 76.9 Å². The van der Waals surface area contributed by atoms with Crippen LogP contribution in [-0.2, 0) is 42.6 Å². The number of piperidine rings is 1. The zero-order chi connectivity index (χ0) is 12.3. The Morgan fingerprint density at radius 1 is 1.25 bits per heavy atom. The Balaban J connectivity index is -0.000000445. The van der Waals surface area contributed by atoms with Crippen molar-refractivity contribution in [3.63, 3.8) is 0 Å². The number of allylic oxidation sites excluding steroid dienone is 1. The van der Waals surface area contributed by atoms with Gasteiger partial charge in [-0.05, 0) is 0 Å². The van der Waals surface area contributed by atoms with Gasteiger partial charge in [-0.25, -0.2) is 0 Å². The van der Waals surface area contributed by atoms with E-state index in [9.17, 15) is 0 Å². The monoisotopic (exact) mass is 687 g/mol. The zero-order valence-electron chi connectivity index (χ0n) is 10.4. The van der Waals surface area contributed by atoms with E-state index in [1.54, 1.807) is 0 Å². The van der Waals surface area contributed by atoms with Gasteiger partial charge in [0.1, 0.15) is 0 Å². The number of halogens is 2. The predicted octanol–water partition coefficient (Wildman–Crippen LogP) is -2.13. The summed E-state index contributed by atoms with van der Waals surface area (Å²) in [5.74, 6) is 0. The summed E-state index contributed by atoms with van der Waals surface area (Å²) >= 11 is 3.96. The first-order chi connectivity index (χ1) is 8.36. The molecule has 0 aliphatic carbocycles. The second-order valence-corrected chi connectivity index (χ2v) is 15.2. The molecule has 0 amide bonds. The van der Waals surface area contributed by atoms with E-state index < -0.39 is 0 Å². The van der Waals surface area contributed by atoms with Crippen LogP contribution in [0.15, 0.2) is 23.3 Å².